The lowest BCUT2D eigenvalue weighted by atomic mass is 9.73. The normalized spacial score (nSPS) is 21.8. The zero-order chi connectivity index (χ0) is 25.4. The molecular formula is C29H33Cl2N3O2. The molecule has 1 fully saturated rings. The van der Waals surface area contributed by atoms with Crippen molar-refractivity contribution in [2.75, 3.05) is 16.8 Å². The van der Waals surface area contributed by atoms with Gasteiger partial charge in [-0.05, 0) is 54.5 Å². The third-order valence-corrected chi connectivity index (χ3v) is 8.29. The number of nitrogens with one attached hydrogen (secondary N) is 2. The number of rotatable bonds is 4. The molecule has 1 unspecified atom stereocenters. The van der Waals surface area contributed by atoms with E-state index in [0.29, 0.717) is 22.0 Å². The predicted molar refractivity (Wildman–Crippen MR) is 147 cm³/mol. The minimum absolute atomic E-state index is 0.0330. The van der Waals surface area contributed by atoms with E-state index in [2.05, 4.69) is 29.4 Å². The minimum atomic E-state index is -0.466. The van der Waals surface area contributed by atoms with Crippen molar-refractivity contribution in [1.29, 1.82) is 0 Å². The average molecular weight is 527 g/mol. The number of halogens is 2. The van der Waals surface area contributed by atoms with Crippen molar-refractivity contribution < 1.29 is 9.59 Å². The number of fused-ring (bicyclic) bond motifs is 1. The molecular weight excluding hydrogens is 493 g/mol. The van der Waals surface area contributed by atoms with Gasteiger partial charge in [0.1, 0.15) is 0 Å². The first-order valence-corrected chi connectivity index (χ1v) is 13.6. The fourth-order valence-corrected chi connectivity index (χ4v) is 6.24. The monoisotopic (exact) mass is 525 g/mol. The predicted octanol–water partition coefficient (Wildman–Crippen LogP) is 7.06. The van der Waals surface area contributed by atoms with Gasteiger partial charge in [0.05, 0.1) is 34.0 Å². The van der Waals surface area contributed by atoms with Crippen LogP contribution in [0.5, 0.6) is 0 Å². The van der Waals surface area contributed by atoms with Crippen LogP contribution >= 0.6 is 23.2 Å². The van der Waals surface area contributed by atoms with E-state index in [-0.39, 0.29) is 29.7 Å². The summed E-state index contributed by atoms with van der Waals surface area (Å²) in [6.45, 7) is 4.38. The first-order valence-electron chi connectivity index (χ1n) is 12.8. The highest BCUT2D eigenvalue weighted by molar-refractivity contribution is 6.42. The molecule has 2 N–H and O–H groups in total. The van der Waals surface area contributed by atoms with Crippen molar-refractivity contribution in [2.24, 2.45) is 5.41 Å². The Labute approximate surface area is 223 Å². The van der Waals surface area contributed by atoms with Crippen molar-refractivity contribution in [3.8, 4) is 0 Å². The van der Waals surface area contributed by atoms with E-state index < -0.39 is 6.04 Å². The Balaban J connectivity index is 1.62. The van der Waals surface area contributed by atoms with Crippen LogP contribution in [0.2, 0.25) is 10.0 Å². The Morgan fingerprint density at radius 3 is 2.56 bits per heavy atom. The van der Waals surface area contributed by atoms with Crippen LogP contribution < -0.4 is 15.5 Å². The lowest BCUT2D eigenvalue weighted by Gasteiger charge is -2.38. The highest BCUT2D eigenvalue weighted by atomic mass is 35.5. The average Bonchev–Trinajstić information content (AvgIpc) is 2.95. The lowest BCUT2D eigenvalue weighted by Crippen LogP contribution is -2.45. The topological polar surface area (TPSA) is 61.4 Å². The molecule has 0 spiro atoms. The fraction of sp³-hybridized carbons (Fsp3) is 0.448. The van der Waals surface area contributed by atoms with Crippen molar-refractivity contribution in [3.05, 3.63) is 69.3 Å². The Hall–Kier alpha value is -2.50. The molecule has 2 aromatic rings. The molecule has 1 amide bonds. The van der Waals surface area contributed by atoms with Gasteiger partial charge in [-0.1, -0.05) is 74.5 Å². The van der Waals surface area contributed by atoms with E-state index in [9.17, 15) is 9.59 Å². The van der Waals surface area contributed by atoms with Crippen LogP contribution in [0.4, 0.5) is 11.4 Å². The number of hydrogen-bond acceptors (Lipinski definition) is 4. The number of anilines is 2. The second-order valence-electron chi connectivity index (χ2n) is 11.1. The number of para-hydroxylation sites is 2. The van der Waals surface area contributed by atoms with Gasteiger partial charge in [0.15, 0.2) is 5.78 Å². The molecule has 1 saturated carbocycles. The van der Waals surface area contributed by atoms with Gasteiger partial charge in [-0.2, -0.15) is 0 Å². The van der Waals surface area contributed by atoms with Gasteiger partial charge >= 0.3 is 0 Å². The van der Waals surface area contributed by atoms with Crippen LogP contribution in [0, 0.1) is 5.41 Å². The molecule has 0 saturated heterocycles. The molecule has 1 atom stereocenters. The van der Waals surface area contributed by atoms with Crippen LogP contribution in [0.25, 0.3) is 0 Å². The van der Waals surface area contributed by atoms with Gasteiger partial charge in [-0.25, -0.2) is 0 Å². The molecule has 1 aliphatic heterocycles. The van der Waals surface area contributed by atoms with Crippen molar-refractivity contribution >= 4 is 46.3 Å². The smallest absolute Gasteiger partial charge is 0.239 e. The van der Waals surface area contributed by atoms with E-state index in [4.69, 9.17) is 23.2 Å². The van der Waals surface area contributed by atoms with Gasteiger partial charge in [0, 0.05) is 23.7 Å². The van der Waals surface area contributed by atoms with E-state index in [1.165, 1.54) is 6.42 Å². The van der Waals surface area contributed by atoms with Crippen LogP contribution in [0.3, 0.4) is 0 Å². The van der Waals surface area contributed by atoms with Crippen molar-refractivity contribution in [1.82, 2.24) is 5.32 Å². The maximum Gasteiger partial charge on any atom is 0.239 e. The summed E-state index contributed by atoms with van der Waals surface area (Å²) in [4.78, 5) is 29.2. The summed E-state index contributed by atoms with van der Waals surface area (Å²) in [5.41, 5.74) is 4.07. The third-order valence-electron chi connectivity index (χ3n) is 7.55. The molecule has 2 aliphatic carbocycles. The zero-order valence-corrected chi connectivity index (χ0v) is 22.4. The highest BCUT2D eigenvalue weighted by Crippen LogP contribution is 2.48. The number of ketones is 1. The van der Waals surface area contributed by atoms with Crippen LogP contribution in [0.1, 0.15) is 70.4 Å². The van der Waals surface area contributed by atoms with Gasteiger partial charge < -0.3 is 15.5 Å². The van der Waals surface area contributed by atoms with Crippen LogP contribution in [-0.2, 0) is 9.59 Å². The van der Waals surface area contributed by atoms with Gasteiger partial charge in [-0.3, -0.25) is 9.59 Å². The van der Waals surface area contributed by atoms with E-state index >= 15 is 0 Å². The number of benzene rings is 2. The number of hydrogen-bond donors (Lipinski definition) is 2. The molecule has 36 heavy (non-hydrogen) atoms. The zero-order valence-electron chi connectivity index (χ0n) is 20.9. The molecule has 7 heteroatoms. The number of carbonyl (C=O) groups is 2. The Morgan fingerprint density at radius 1 is 1.06 bits per heavy atom. The van der Waals surface area contributed by atoms with E-state index in [0.717, 1.165) is 54.7 Å². The lowest BCUT2D eigenvalue weighted by molar-refractivity contribution is -0.121. The first kappa shape index (κ1) is 25.2. The van der Waals surface area contributed by atoms with Crippen molar-refractivity contribution in [2.45, 2.75) is 70.9 Å². The molecule has 5 nitrogen and oxygen atoms in total. The Kier molecular flexibility index (Phi) is 7.06. The summed E-state index contributed by atoms with van der Waals surface area (Å²) >= 11 is 12.7. The second kappa shape index (κ2) is 10.1. The molecule has 190 valence electrons. The minimum Gasteiger partial charge on any atom is -0.357 e. The van der Waals surface area contributed by atoms with Gasteiger partial charge in [0.25, 0.3) is 0 Å². The number of allylic oxidation sites excluding steroid dienone is 1. The van der Waals surface area contributed by atoms with Gasteiger partial charge in [0.2, 0.25) is 5.91 Å². The largest absolute Gasteiger partial charge is 0.357 e. The first-order chi connectivity index (χ1) is 17.2. The maximum atomic E-state index is 13.7. The molecule has 0 bridgehead atoms. The number of carbonyl (C=O) groups excluding carboxylic acids is 2. The molecule has 5 rings (SSSR count). The standard InChI is InChI=1S/C29H33Cl2N3O2/c1-29(2)15-23-27(25(35)16-29)28(18-12-13-20(30)21(31)14-18)34(24-11-7-6-10-22(24)33-23)17-26(36)32-19-8-4-3-5-9-19/h6-7,10-14,19,28,33H,3-5,8-9,15-17H2,1-2H3,(H,32,36). The summed E-state index contributed by atoms with van der Waals surface area (Å²) in [6.07, 6.45) is 6.74. The molecule has 0 radical (unpaired) electrons. The second-order valence-corrected chi connectivity index (χ2v) is 11.9. The SMILES string of the molecule is CC1(C)CC(=O)C2=C(C1)Nc1ccccc1N(CC(=O)NC1CCCCC1)C2c1ccc(Cl)c(Cl)c1. The highest BCUT2D eigenvalue weighted by Gasteiger charge is 2.42. The fourth-order valence-electron chi connectivity index (χ4n) is 5.93. The summed E-state index contributed by atoms with van der Waals surface area (Å²) < 4.78 is 0. The molecule has 0 aromatic heterocycles. The molecule has 1 heterocycles. The maximum absolute atomic E-state index is 13.7. The molecule has 3 aliphatic rings. The van der Waals surface area contributed by atoms with Crippen LogP contribution in [0.15, 0.2) is 53.7 Å². The Morgan fingerprint density at radius 2 is 1.81 bits per heavy atom. The van der Waals surface area contributed by atoms with E-state index in [1.807, 2.05) is 36.4 Å². The molecule has 2 aromatic carbocycles. The summed E-state index contributed by atoms with van der Waals surface area (Å²) in [5, 5.41) is 7.73. The summed E-state index contributed by atoms with van der Waals surface area (Å²) in [7, 11) is 0. The number of amides is 1. The Bertz CT molecular complexity index is 1220. The number of Topliss-reactive ketones (excluding diaryl/α,β-unsaturated/α-hetero) is 1. The van der Waals surface area contributed by atoms with E-state index in [1.54, 1.807) is 6.07 Å². The summed E-state index contributed by atoms with van der Waals surface area (Å²) in [5.74, 6) is 0.0599. The summed E-state index contributed by atoms with van der Waals surface area (Å²) in [6, 6.07) is 13.2. The quantitative estimate of drug-likeness (QED) is 0.448. The third kappa shape index (κ3) is 5.14. The van der Waals surface area contributed by atoms with Crippen LogP contribution in [-0.4, -0.2) is 24.3 Å². The number of nitrogens with zero attached hydrogens (tertiary/aromatic N) is 1. The van der Waals surface area contributed by atoms with Crippen molar-refractivity contribution in [3.63, 3.8) is 0 Å². The van der Waals surface area contributed by atoms with Gasteiger partial charge in [-0.15, -0.1) is 0 Å².